The summed E-state index contributed by atoms with van der Waals surface area (Å²) in [5.41, 5.74) is 1.21. The van der Waals surface area contributed by atoms with Gasteiger partial charge in [-0.1, -0.05) is 11.8 Å². The summed E-state index contributed by atoms with van der Waals surface area (Å²) in [6, 6.07) is 6.38. The van der Waals surface area contributed by atoms with E-state index in [4.69, 9.17) is 4.74 Å². The molecule has 0 unspecified atom stereocenters. The van der Waals surface area contributed by atoms with Crippen molar-refractivity contribution in [1.82, 2.24) is 19.9 Å². The molecule has 0 saturated heterocycles. The van der Waals surface area contributed by atoms with Crippen LogP contribution in [0.5, 0.6) is 0 Å². The van der Waals surface area contributed by atoms with E-state index in [-0.39, 0.29) is 17.2 Å². The number of ether oxygens (including phenoxy) is 1. The number of aromatic amines is 2. The molecule has 26 heavy (non-hydrogen) atoms. The quantitative estimate of drug-likeness (QED) is 0.339. The van der Waals surface area contributed by atoms with Gasteiger partial charge in [0.05, 0.1) is 24.3 Å². The molecule has 134 valence electrons. The molecule has 0 aliphatic heterocycles. The van der Waals surface area contributed by atoms with E-state index in [0.717, 1.165) is 11.8 Å². The standard InChI is InChI=1S/C16H15N5O4S/c1-2-25-15(24)9-3-5-10(6-4-9)19-11(22)7-26-16-20-13-12(14(23)21-16)17-8-18-13/h3-6,8H,2,7H2,1H3,(H,19,22)(H2,17,18,20,21,23). The first-order valence-electron chi connectivity index (χ1n) is 7.70. The van der Waals surface area contributed by atoms with Crippen molar-refractivity contribution in [2.45, 2.75) is 12.1 Å². The molecule has 0 spiro atoms. The van der Waals surface area contributed by atoms with E-state index in [1.165, 1.54) is 6.33 Å². The van der Waals surface area contributed by atoms with Gasteiger partial charge in [0.1, 0.15) is 0 Å². The van der Waals surface area contributed by atoms with E-state index in [1.807, 2.05) is 0 Å². The number of carbonyl (C=O) groups is 2. The van der Waals surface area contributed by atoms with Gasteiger partial charge >= 0.3 is 5.97 Å². The smallest absolute Gasteiger partial charge is 0.338 e. The number of aromatic nitrogens is 4. The Bertz CT molecular complexity index is 996. The summed E-state index contributed by atoms with van der Waals surface area (Å²) in [5, 5.41) is 3.01. The molecule has 3 rings (SSSR count). The first kappa shape index (κ1) is 17.7. The molecule has 1 amide bonds. The summed E-state index contributed by atoms with van der Waals surface area (Å²) >= 11 is 1.09. The Kier molecular flexibility index (Phi) is 5.32. The van der Waals surface area contributed by atoms with Crippen LogP contribution in [-0.2, 0) is 9.53 Å². The van der Waals surface area contributed by atoms with Crippen molar-refractivity contribution in [2.75, 3.05) is 17.7 Å². The SMILES string of the molecule is CCOC(=O)c1ccc(NC(=O)CSc2nc3nc[nH]c3c(=O)[nH]2)cc1. The van der Waals surface area contributed by atoms with Crippen molar-refractivity contribution in [3.8, 4) is 0 Å². The van der Waals surface area contributed by atoms with Crippen LogP contribution in [0.15, 0.2) is 40.5 Å². The van der Waals surface area contributed by atoms with Crippen LogP contribution in [0.4, 0.5) is 5.69 Å². The maximum Gasteiger partial charge on any atom is 0.338 e. The first-order valence-corrected chi connectivity index (χ1v) is 8.68. The fraction of sp³-hybridized carbons (Fsp3) is 0.188. The minimum Gasteiger partial charge on any atom is -0.462 e. The Labute approximate surface area is 151 Å². The van der Waals surface area contributed by atoms with Crippen molar-refractivity contribution in [3.63, 3.8) is 0 Å². The van der Waals surface area contributed by atoms with Gasteiger partial charge in [-0.2, -0.15) is 0 Å². The minimum atomic E-state index is -0.412. The van der Waals surface area contributed by atoms with Gasteiger partial charge < -0.3 is 15.0 Å². The monoisotopic (exact) mass is 373 g/mol. The lowest BCUT2D eigenvalue weighted by molar-refractivity contribution is -0.113. The number of fused-ring (bicyclic) bond motifs is 1. The van der Waals surface area contributed by atoms with Crippen LogP contribution in [0.1, 0.15) is 17.3 Å². The Morgan fingerprint density at radius 1 is 1.27 bits per heavy atom. The van der Waals surface area contributed by atoms with E-state index in [0.29, 0.717) is 34.2 Å². The van der Waals surface area contributed by atoms with Gasteiger partial charge in [0.2, 0.25) is 5.91 Å². The Morgan fingerprint density at radius 3 is 2.77 bits per heavy atom. The molecule has 0 bridgehead atoms. The second-order valence-corrected chi connectivity index (χ2v) is 6.07. The van der Waals surface area contributed by atoms with Gasteiger partial charge in [0, 0.05) is 5.69 Å². The number of rotatable bonds is 6. The number of hydrogen-bond acceptors (Lipinski definition) is 7. The number of amides is 1. The molecule has 2 heterocycles. The summed E-state index contributed by atoms with van der Waals surface area (Å²) in [5.74, 6) is -0.633. The summed E-state index contributed by atoms with van der Waals surface area (Å²) in [6.07, 6.45) is 1.38. The van der Waals surface area contributed by atoms with Gasteiger partial charge in [-0.15, -0.1) is 0 Å². The summed E-state index contributed by atoms with van der Waals surface area (Å²) < 4.78 is 4.90. The minimum absolute atomic E-state index is 0.0541. The number of anilines is 1. The van der Waals surface area contributed by atoms with Crippen molar-refractivity contribution in [1.29, 1.82) is 0 Å². The van der Waals surface area contributed by atoms with Crippen LogP contribution in [0.2, 0.25) is 0 Å². The molecule has 3 N–H and O–H groups in total. The molecule has 9 nitrogen and oxygen atoms in total. The summed E-state index contributed by atoms with van der Waals surface area (Å²) in [6.45, 7) is 2.03. The predicted molar refractivity (Wildman–Crippen MR) is 96.3 cm³/mol. The molecule has 0 aliphatic carbocycles. The highest BCUT2D eigenvalue weighted by Crippen LogP contribution is 2.15. The zero-order valence-corrected chi connectivity index (χ0v) is 14.6. The van der Waals surface area contributed by atoms with Crippen LogP contribution in [0, 0.1) is 0 Å². The van der Waals surface area contributed by atoms with Crippen molar-refractivity contribution < 1.29 is 14.3 Å². The van der Waals surface area contributed by atoms with Gasteiger partial charge in [-0.05, 0) is 31.2 Å². The third-order valence-corrected chi connectivity index (χ3v) is 4.17. The Balaban J connectivity index is 1.58. The average molecular weight is 373 g/mol. The molecule has 10 heteroatoms. The number of imidazole rings is 1. The zero-order chi connectivity index (χ0) is 18.5. The van der Waals surface area contributed by atoms with E-state index in [2.05, 4.69) is 25.3 Å². The fourth-order valence-electron chi connectivity index (χ4n) is 2.13. The van der Waals surface area contributed by atoms with Crippen molar-refractivity contribution in [3.05, 3.63) is 46.5 Å². The topological polar surface area (TPSA) is 130 Å². The van der Waals surface area contributed by atoms with Gasteiger partial charge in [-0.3, -0.25) is 14.6 Å². The highest BCUT2D eigenvalue weighted by molar-refractivity contribution is 7.99. The lowest BCUT2D eigenvalue weighted by Gasteiger charge is -2.06. The number of nitrogens with one attached hydrogen (secondary N) is 3. The molecule has 0 atom stereocenters. The number of nitrogens with zero attached hydrogens (tertiary/aromatic N) is 2. The van der Waals surface area contributed by atoms with Crippen molar-refractivity contribution >= 4 is 40.5 Å². The molecule has 0 aliphatic rings. The van der Waals surface area contributed by atoms with Crippen LogP contribution < -0.4 is 10.9 Å². The molecule has 0 saturated carbocycles. The second kappa shape index (κ2) is 7.83. The highest BCUT2D eigenvalue weighted by Gasteiger charge is 2.10. The van der Waals surface area contributed by atoms with Crippen LogP contribution in [0.3, 0.4) is 0 Å². The first-order chi connectivity index (χ1) is 12.6. The average Bonchev–Trinajstić information content (AvgIpc) is 3.10. The molecule has 0 fully saturated rings. The summed E-state index contributed by atoms with van der Waals surface area (Å²) in [7, 11) is 0. The number of benzene rings is 1. The van der Waals surface area contributed by atoms with Gasteiger partial charge in [-0.25, -0.2) is 14.8 Å². The fourth-order valence-corrected chi connectivity index (χ4v) is 2.78. The molecular weight excluding hydrogens is 358 g/mol. The number of H-pyrrole nitrogens is 2. The molecule has 3 aromatic rings. The van der Waals surface area contributed by atoms with Crippen molar-refractivity contribution in [2.24, 2.45) is 0 Å². The van der Waals surface area contributed by atoms with Gasteiger partial charge in [0.25, 0.3) is 5.56 Å². The summed E-state index contributed by atoms with van der Waals surface area (Å²) in [4.78, 5) is 48.8. The number of thioether (sulfide) groups is 1. The lowest BCUT2D eigenvalue weighted by atomic mass is 10.2. The molecular formula is C16H15N5O4S. The van der Waals surface area contributed by atoms with Crippen LogP contribution >= 0.6 is 11.8 Å². The van der Waals surface area contributed by atoms with Gasteiger partial charge in [0.15, 0.2) is 16.3 Å². The van der Waals surface area contributed by atoms with E-state index in [9.17, 15) is 14.4 Å². The second-order valence-electron chi connectivity index (χ2n) is 5.11. The van der Waals surface area contributed by atoms with Crippen LogP contribution in [0.25, 0.3) is 11.2 Å². The zero-order valence-electron chi connectivity index (χ0n) is 13.7. The predicted octanol–water partition coefficient (Wildman–Crippen LogP) is 1.55. The molecule has 0 radical (unpaired) electrons. The number of carbonyl (C=O) groups excluding carboxylic acids is 2. The van der Waals surface area contributed by atoms with E-state index >= 15 is 0 Å². The largest absolute Gasteiger partial charge is 0.462 e. The molecule has 1 aromatic carbocycles. The Hall–Kier alpha value is -3.14. The number of hydrogen-bond donors (Lipinski definition) is 3. The lowest BCUT2D eigenvalue weighted by Crippen LogP contribution is -2.15. The highest BCUT2D eigenvalue weighted by atomic mass is 32.2. The third kappa shape index (κ3) is 4.09. The molecule has 2 aromatic heterocycles. The Morgan fingerprint density at radius 2 is 2.04 bits per heavy atom. The maximum atomic E-state index is 12.0. The van der Waals surface area contributed by atoms with Crippen LogP contribution in [-0.4, -0.2) is 44.2 Å². The normalized spacial score (nSPS) is 10.7. The maximum absolute atomic E-state index is 12.0. The van der Waals surface area contributed by atoms with E-state index in [1.54, 1.807) is 31.2 Å². The third-order valence-electron chi connectivity index (χ3n) is 3.29. The van der Waals surface area contributed by atoms with E-state index < -0.39 is 5.97 Å². The number of esters is 1.